The molecule has 0 radical (unpaired) electrons. The van der Waals surface area contributed by atoms with E-state index in [1.807, 2.05) is 0 Å². The Morgan fingerprint density at radius 3 is 2.11 bits per heavy atom. The van der Waals surface area contributed by atoms with Crippen LogP contribution in [0.4, 0.5) is 0 Å². The zero-order valence-electron chi connectivity index (χ0n) is 12.6. The van der Waals surface area contributed by atoms with Crippen molar-refractivity contribution in [2.24, 2.45) is 0 Å². The van der Waals surface area contributed by atoms with E-state index in [4.69, 9.17) is 9.84 Å². The molecular formula is C15H32N2O2. The second kappa shape index (κ2) is 11.6. The van der Waals surface area contributed by atoms with Gasteiger partial charge in [-0.1, -0.05) is 32.6 Å². The van der Waals surface area contributed by atoms with Gasteiger partial charge in [-0.05, 0) is 6.42 Å². The van der Waals surface area contributed by atoms with Gasteiger partial charge in [0.2, 0.25) is 0 Å². The first-order valence-corrected chi connectivity index (χ1v) is 8.00. The number of aliphatic hydroxyl groups excluding tert-OH is 1. The monoisotopic (exact) mass is 272 g/mol. The molecule has 0 unspecified atom stereocenters. The lowest BCUT2D eigenvalue weighted by atomic mass is 10.2. The molecular weight excluding hydrogens is 240 g/mol. The highest BCUT2D eigenvalue weighted by Gasteiger charge is 2.15. The Balaban J connectivity index is 1.85. The lowest BCUT2D eigenvalue weighted by Crippen LogP contribution is -2.47. The highest BCUT2D eigenvalue weighted by atomic mass is 16.5. The van der Waals surface area contributed by atoms with E-state index in [0.29, 0.717) is 0 Å². The van der Waals surface area contributed by atoms with Crippen LogP contribution < -0.4 is 0 Å². The van der Waals surface area contributed by atoms with E-state index in [9.17, 15) is 0 Å². The molecule has 19 heavy (non-hydrogen) atoms. The zero-order chi connectivity index (χ0) is 13.8. The molecule has 0 amide bonds. The van der Waals surface area contributed by atoms with E-state index >= 15 is 0 Å². The molecule has 0 aromatic carbocycles. The van der Waals surface area contributed by atoms with Crippen LogP contribution in [0.2, 0.25) is 0 Å². The highest BCUT2D eigenvalue weighted by molar-refractivity contribution is 4.71. The summed E-state index contributed by atoms with van der Waals surface area (Å²) >= 11 is 0. The van der Waals surface area contributed by atoms with Crippen molar-refractivity contribution < 1.29 is 9.84 Å². The van der Waals surface area contributed by atoms with Crippen LogP contribution in [-0.2, 0) is 4.74 Å². The number of nitrogens with zero attached hydrogens (tertiary/aromatic N) is 2. The summed E-state index contributed by atoms with van der Waals surface area (Å²) < 4.78 is 5.70. The van der Waals surface area contributed by atoms with Crippen molar-refractivity contribution in [1.29, 1.82) is 0 Å². The molecule has 1 N–H and O–H groups in total. The molecule has 4 heteroatoms. The third kappa shape index (κ3) is 8.58. The van der Waals surface area contributed by atoms with Crippen molar-refractivity contribution in [3.63, 3.8) is 0 Å². The Labute approximate surface area is 118 Å². The maximum Gasteiger partial charge on any atom is 0.0593 e. The van der Waals surface area contributed by atoms with Crippen molar-refractivity contribution in [2.45, 2.75) is 39.0 Å². The van der Waals surface area contributed by atoms with Crippen molar-refractivity contribution in [3.05, 3.63) is 0 Å². The Morgan fingerprint density at radius 1 is 0.842 bits per heavy atom. The fourth-order valence-corrected chi connectivity index (χ4v) is 2.48. The first kappa shape index (κ1) is 16.9. The number of hydrogen-bond donors (Lipinski definition) is 1. The molecule has 0 saturated carbocycles. The van der Waals surface area contributed by atoms with Crippen molar-refractivity contribution in [1.82, 2.24) is 9.80 Å². The average molecular weight is 272 g/mol. The summed E-state index contributed by atoms with van der Waals surface area (Å²) in [5.41, 5.74) is 0. The lowest BCUT2D eigenvalue weighted by Gasteiger charge is -2.34. The van der Waals surface area contributed by atoms with Gasteiger partial charge < -0.3 is 9.84 Å². The van der Waals surface area contributed by atoms with E-state index in [-0.39, 0.29) is 6.61 Å². The summed E-state index contributed by atoms with van der Waals surface area (Å²) in [5.74, 6) is 0. The number of hydrogen-bond acceptors (Lipinski definition) is 4. The quantitative estimate of drug-likeness (QED) is 0.579. The topological polar surface area (TPSA) is 35.9 Å². The van der Waals surface area contributed by atoms with Crippen molar-refractivity contribution in [2.75, 3.05) is 59.1 Å². The molecule has 0 aliphatic carbocycles. The Hall–Kier alpha value is -0.160. The number of unbranched alkanes of at least 4 members (excludes halogenated alkanes) is 4. The predicted octanol–water partition coefficient (Wildman–Crippen LogP) is 1.58. The number of β-amino-alcohol motifs (C(OH)–C–C–N with tert-alkyl or cyclic N) is 1. The van der Waals surface area contributed by atoms with Gasteiger partial charge in [-0.3, -0.25) is 9.80 Å². The fourth-order valence-electron chi connectivity index (χ4n) is 2.48. The number of rotatable bonds is 11. The minimum atomic E-state index is 0.279. The number of piperazine rings is 1. The second-order valence-corrected chi connectivity index (χ2v) is 5.43. The molecule has 1 fully saturated rings. The van der Waals surface area contributed by atoms with Gasteiger partial charge in [0.25, 0.3) is 0 Å². The van der Waals surface area contributed by atoms with E-state index in [0.717, 1.165) is 52.5 Å². The van der Waals surface area contributed by atoms with Gasteiger partial charge in [-0.15, -0.1) is 0 Å². The van der Waals surface area contributed by atoms with Crippen LogP contribution in [0.1, 0.15) is 39.0 Å². The standard InChI is InChI=1S/C15H32N2O2/c1-2-3-4-5-6-14-19-15-12-17-9-7-16(8-10-17)11-13-18/h18H,2-15H2,1H3. The molecule has 1 saturated heterocycles. The lowest BCUT2D eigenvalue weighted by molar-refractivity contribution is 0.0686. The van der Waals surface area contributed by atoms with E-state index in [1.165, 1.54) is 32.1 Å². The van der Waals surface area contributed by atoms with Crippen molar-refractivity contribution >= 4 is 0 Å². The zero-order valence-corrected chi connectivity index (χ0v) is 12.6. The summed E-state index contributed by atoms with van der Waals surface area (Å²) in [6.07, 6.45) is 6.55. The molecule has 1 aliphatic heterocycles. The minimum Gasteiger partial charge on any atom is -0.395 e. The molecule has 1 heterocycles. The van der Waals surface area contributed by atoms with Crippen LogP contribution in [0.3, 0.4) is 0 Å². The molecule has 1 aliphatic rings. The van der Waals surface area contributed by atoms with Gasteiger partial charge in [-0.2, -0.15) is 0 Å². The third-order valence-corrected chi connectivity index (χ3v) is 3.83. The smallest absolute Gasteiger partial charge is 0.0593 e. The largest absolute Gasteiger partial charge is 0.395 e. The van der Waals surface area contributed by atoms with Gasteiger partial charge in [0, 0.05) is 45.9 Å². The normalized spacial score (nSPS) is 18.0. The molecule has 0 atom stereocenters. The fraction of sp³-hybridized carbons (Fsp3) is 1.00. The summed E-state index contributed by atoms with van der Waals surface area (Å²) in [6.45, 7) is 10.6. The van der Waals surface area contributed by atoms with E-state index in [1.54, 1.807) is 0 Å². The first-order chi connectivity index (χ1) is 9.36. The second-order valence-electron chi connectivity index (χ2n) is 5.43. The Kier molecular flexibility index (Phi) is 10.4. The Bertz CT molecular complexity index is 195. The molecule has 0 aromatic rings. The molecule has 114 valence electrons. The minimum absolute atomic E-state index is 0.279. The van der Waals surface area contributed by atoms with Crippen LogP contribution in [0, 0.1) is 0 Å². The van der Waals surface area contributed by atoms with Crippen LogP contribution >= 0.6 is 0 Å². The van der Waals surface area contributed by atoms with Crippen LogP contribution in [0.5, 0.6) is 0 Å². The Morgan fingerprint density at radius 2 is 1.47 bits per heavy atom. The molecule has 0 aromatic heterocycles. The number of ether oxygens (including phenoxy) is 1. The van der Waals surface area contributed by atoms with Crippen LogP contribution in [0.15, 0.2) is 0 Å². The molecule has 0 bridgehead atoms. The highest BCUT2D eigenvalue weighted by Crippen LogP contribution is 2.03. The van der Waals surface area contributed by atoms with Crippen LogP contribution in [-0.4, -0.2) is 74.0 Å². The molecule has 4 nitrogen and oxygen atoms in total. The maximum absolute atomic E-state index is 8.89. The van der Waals surface area contributed by atoms with Gasteiger partial charge >= 0.3 is 0 Å². The molecule has 0 spiro atoms. The van der Waals surface area contributed by atoms with E-state index in [2.05, 4.69) is 16.7 Å². The predicted molar refractivity (Wildman–Crippen MR) is 79.5 cm³/mol. The number of aliphatic hydroxyl groups is 1. The average Bonchev–Trinajstić information content (AvgIpc) is 2.44. The van der Waals surface area contributed by atoms with Gasteiger partial charge in [0.05, 0.1) is 13.2 Å². The summed E-state index contributed by atoms with van der Waals surface area (Å²) in [6, 6.07) is 0. The van der Waals surface area contributed by atoms with Gasteiger partial charge in [0.1, 0.15) is 0 Å². The van der Waals surface area contributed by atoms with E-state index < -0.39 is 0 Å². The van der Waals surface area contributed by atoms with Gasteiger partial charge in [0.15, 0.2) is 0 Å². The van der Waals surface area contributed by atoms with Crippen LogP contribution in [0.25, 0.3) is 0 Å². The SMILES string of the molecule is CCCCCCCOCCN1CCN(CCO)CC1. The summed E-state index contributed by atoms with van der Waals surface area (Å²) in [7, 11) is 0. The third-order valence-electron chi connectivity index (χ3n) is 3.83. The maximum atomic E-state index is 8.89. The summed E-state index contributed by atoms with van der Waals surface area (Å²) in [4.78, 5) is 4.79. The first-order valence-electron chi connectivity index (χ1n) is 8.00. The molecule has 1 rings (SSSR count). The summed E-state index contributed by atoms with van der Waals surface area (Å²) in [5, 5.41) is 8.89. The van der Waals surface area contributed by atoms with Crippen molar-refractivity contribution in [3.8, 4) is 0 Å². The van der Waals surface area contributed by atoms with Gasteiger partial charge in [-0.25, -0.2) is 0 Å².